The molecule has 1 heterocycles. The molecule has 0 bridgehead atoms. The fourth-order valence-corrected chi connectivity index (χ4v) is 3.35. The second-order valence-corrected chi connectivity index (χ2v) is 6.62. The molecule has 0 aliphatic carbocycles. The van der Waals surface area contributed by atoms with Gasteiger partial charge < -0.3 is 21.9 Å². The maximum Gasteiger partial charge on any atom is 0.208 e. The van der Waals surface area contributed by atoms with Crippen molar-refractivity contribution in [1.82, 2.24) is 4.57 Å². The Kier molecular flexibility index (Phi) is 5.81. The molecular weight excluding hydrogens is 374 g/mol. The minimum absolute atomic E-state index is 0.0926. The molecule has 0 saturated heterocycles. The van der Waals surface area contributed by atoms with E-state index in [0.717, 1.165) is 45.2 Å². The van der Waals surface area contributed by atoms with E-state index in [1.165, 1.54) is 0 Å². The van der Waals surface area contributed by atoms with Gasteiger partial charge in [-0.25, -0.2) is 0 Å². The summed E-state index contributed by atoms with van der Waals surface area (Å²) in [6, 6.07) is 22.0. The zero-order valence-corrected chi connectivity index (χ0v) is 15.8. The van der Waals surface area contributed by atoms with Crippen molar-refractivity contribution in [2.75, 3.05) is 0 Å². The lowest BCUT2D eigenvalue weighted by molar-refractivity contribution is 0.112. The van der Waals surface area contributed by atoms with Crippen LogP contribution in [0, 0.1) is 0 Å². The van der Waals surface area contributed by atoms with Crippen molar-refractivity contribution >= 4 is 45.7 Å². The van der Waals surface area contributed by atoms with Crippen molar-refractivity contribution in [3.05, 3.63) is 82.9 Å². The first-order valence-electron chi connectivity index (χ1n) is 8.53. The molecule has 0 saturated carbocycles. The Labute approximate surface area is 167 Å². The molecular formula is C21H20ClN5O. The number of fused-ring (bicyclic) bond motifs is 3. The summed E-state index contributed by atoms with van der Waals surface area (Å²) in [6.45, 7) is 0.741. The zero-order chi connectivity index (χ0) is 20.1. The van der Waals surface area contributed by atoms with Gasteiger partial charge in [-0.1, -0.05) is 41.9 Å². The molecule has 0 spiro atoms. The number of guanidine groups is 1. The van der Waals surface area contributed by atoms with Gasteiger partial charge in [0, 0.05) is 38.9 Å². The third kappa shape index (κ3) is 4.07. The van der Waals surface area contributed by atoms with E-state index in [0.29, 0.717) is 5.56 Å². The number of carbonyl (C=O) groups is 1. The van der Waals surface area contributed by atoms with E-state index in [4.69, 9.17) is 23.1 Å². The van der Waals surface area contributed by atoms with Crippen LogP contribution in [0.25, 0.3) is 21.8 Å². The van der Waals surface area contributed by atoms with E-state index in [1.54, 1.807) is 0 Å². The molecule has 0 atom stereocenters. The molecule has 7 heteroatoms. The highest BCUT2D eigenvalue weighted by Gasteiger charge is 2.11. The number of hydrogen-bond donors (Lipinski definition) is 3. The van der Waals surface area contributed by atoms with Crippen molar-refractivity contribution in [1.29, 1.82) is 0 Å². The molecule has 0 amide bonds. The summed E-state index contributed by atoms with van der Waals surface area (Å²) in [4.78, 5) is 11.1. The highest BCUT2D eigenvalue weighted by atomic mass is 35.5. The van der Waals surface area contributed by atoms with Gasteiger partial charge in [0.2, 0.25) is 5.96 Å². The predicted octanol–water partition coefficient (Wildman–Crippen LogP) is 3.44. The first-order chi connectivity index (χ1) is 13.5. The topological polar surface area (TPSA) is 112 Å². The Hall–Kier alpha value is -3.51. The number of nitrogens with zero attached hydrogens (tertiary/aromatic N) is 2. The molecule has 6 N–H and O–H groups in total. The van der Waals surface area contributed by atoms with Gasteiger partial charge in [-0.3, -0.25) is 4.79 Å². The Bertz CT molecular complexity index is 1160. The highest BCUT2D eigenvalue weighted by molar-refractivity contribution is 6.30. The number of halogens is 1. The number of aldehydes is 1. The molecule has 4 rings (SSSR count). The van der Waals surface area contributed by atoms with Crippen LogP contribution in [0.1, 0.15) is 15.9 Å². The first kappa shape index (κ1) is 19.3. The van der Waals surface area contributed by atoms with E-state index in [1.807, 2.05) is 48.5 Å². The minimum Gasteiger partial charge on any atom is -0.369 e. The first-order valence-corrected chi connectivity index (χ1v) is 8.90. The number of hydrogen-bond acceptors (Lipinski definition) is 3. The van der Waals surface area contributed by atoms with Crippen LogP contribution in [0.15, 0.2) is 71.8 Å². The van der Waals surface area contributed by atoms with E-state index in [2.05, 4.69) is 33.7 Å². The minimum atomic E-state index is -0.0926. The standard InChI is InChI=1S/C20H14ClNO.CH6N4/c21-16-5-3-4-14(10-16)12-22-19-7-2-1-6-17(19)18-11-15(13-23)8-9-20(18)22;2-1(3)5-4/h1-11,13H,12H2;4H2,(H4,2,3,5). The Morgan fingerprint density at radius 3 is 2.36 bits per heavy atom. The average molecular weight is 394 g/mol. The van der Waals surface area contributed by atoms with E-state index >= 15 is 0 Å². The van der Waals surface area contributed by atoms with Crippen molar-refractivity contribution in [2.24, 2.45) is 22.4 Å². The number of nitrogens with two attached hydrogens (primary N) is 3. The van der Waals surface area contributed by atoms with Gasteiger partial charge in [-0.2, -0.15) is 0 Å². The van der Waals surface area contributed by atoms with E-state index < -0.39 is 0 Å². The number of aromatic nitrogens is 1. The number of carbonyl (C=O) groups excluding carboxylic acids is 1. The molecule has 4 aromatic rings. The van der Waals surface area contributed by atoms with Gasteiger partial charge in [0.25, 0.3) is 0 Å². The molecule has 142 valence electrons. The maximum absolute atomic E-state index is 11.1. The average Bonchev–Trinajstić information content (AvgIpc) is 3.02. The third-order valence-corrected chi connectivity index (χ3v) is 4.55. The smallest absolute Gasteiger partial charge is 0.208 e. The van der Waals surface area contributed by atoms with Gasteiger partial charge in [0.15, 0.2) is 0 Å². The lowest BCUT2D eigenvalue weighted by Crippen LogP contribution is -2.23. The van der Waals surface area contributed by atoms with Crippen LogP contribution in [0.3, 0.4) is 0 Å². The van der Waals surface area contributed by atoms with E-state index in [-0.39, 0.29) is 5.96 Å². The van der Waals surface area contributed by atoms with Crippen molar-refractivity contribution in [3.8, 4) is 0 Å². The molecule has 0 aliphatic rings. The third-order valence-electron chi connectivity index (χ3n) is 4.31. The van der Waals surface area contributed by atoms with Crippen molar-refractivity contribution in [2.45, 2.75) is 6.54 Å². The Balaban J connectivity index is 0.000000403. The number of hydrazone groups is 1. The van der Waals surface area contributed by atoms with Gasteiger partial charge >= 0.3 is 0 Å². The second-order valence-electron chi connectivity index (χ2n) is 6.18. The van der Waals surface area contributed by atoms with Gasteiger partial charge in [-0.15, -0.1) is 5.10 Å². The lowest BCUT2D eigenvalue weighted by atomic mass is 10.1. The monoisotopic (exact) mass is 393 g/mol. The lowest BCUT2D eigenvalue weighted by Gasteiger charge is -2.08. The molecule has 1 aromatic heterocycles. The molecule has 0 radical (unpaired) electrons. The van der Waals surface area contributed by atoms with Crippen LogP contribution >= 0.6 is 11.6 Å². The van der Waals surface area contributed by atoms with Gasteiger partial charge in [0.05, 0.1) is 0 Å². The fourth-order valence-electron chi connectivity index (χ4n) is 3.13. The van der Waals surface area contributed by atoms with Crippen LogP contribution in [-0.4, -0.2) is 16.8 Å². The van der Waals surface area contributed by atoms with Crippen LogP contribution in [0.5, 0.6) is 0 Å². The van der Waals surface area contributed by atoms with Gasteiger partial charge in [0.1, 0.15) is 6.29 Å². The van der Waals surface area contributed by atoms with Crippen LogP contribution in [0.2, 0.25) is 5.02 Å². The molecule has 3 aromatic carbocycles. The van der Waals surface area contributed by atoms with Gasteiger partial charge in [-0.05, 0) is 42.0 Å². The summed E-state index contributed by atoms with van der Waals surface area (Å²) in [5.41, 5.74) is 13.5. The number of rotatable bonds is 3. The van der Waals surface area contributed by atoms with Crippen molar-refractivity contribution in [3.63, 3.8) is 0 Å². The van der Waals surface area contributed by atoms with Crippen LogP contribution in [0.4, 0.5) is 0 Å². The second kappa shape index (κ2) is 8.45. The molecule has 0 unspecified atom stereocenters. The largest absolute Gasteiger partial charge is 0.369 e. The Morgan fingerprint density at radius 2 is 1.68 bits per heavy atom. The highest BCUT2D eigenvalue weighted by Crippen LogP contribution is 2.30. The quantitative estimate of drug-likeness (QED) is 0.163. The molecule has 0 aliphatic heterocycles. The molecule has 0 fully saturated rings. The maximum atomic E-state index is 11.1. The normalized spacial score (nSPS) is 10.3. The fraction of sp³-hybridized carbons (Fsp3) is 0.0476. The predicted molar refractivity (Wildman–Crippen MR) is 115 cm³/mol. The summed E-state index contributed by atoms with van der Waals surface area (Å²) in [5.74, 6) is 4.42. The Morgan fingerprint density at radius 1 is 0.964 bits per heavy atom. The summed E-state index contributed by atoms with van der Waals surface area (Å²) in [5, 5.41) is 5.87. The summed E-state index contributed by atoms with van der Waals surface area (Å²) >= 11 is 6.11. The summed E-state index contributed by atoms with van der Waals surface area (Å²) in [7, 11) is 0. The number of para-hydroxylation sites is 1. The zero-order valence-electron chi connectivity index (χ0n) is 15.0. The molecule has 6 nitrogen and oxygen atoms in total. The van der Waals surface area contributed by atoms with E-state index in [9.17, 15) is 4.79 Å². The summed E-state index contributed by atoms with van der Waals surface area (Å²) < 4.78 is 2.27. The van der Waals surface area contributed by atoms with Crippen molar-refractivity contribution < 1.29 is 4.79 Å². The summed E-state index contributed by atoms with van der Waals surface area (Å²) in [6.07, 6.45) is 0.891. The number of benzene rings is 3. The van der Waals surface area contributed by atoms with Crippen LogP contribution in [-0.2, 0) is 6.54 Å². The SMILES string of the molecule is NN=C(N)N.O=Cc1ccc2c(c1)c1ccccc1n2Cc1cccc(Cl)c1. The van der Waals surface area contributed by atoms with Crippen LogP contribution < -0.4 is 17.3 Å². The molecule has 28 heavy (non-hydrogen) atoms.